The minimum Gasteiger partial charge on any atom is -0.497 e. The fraction of sp³-hybridized carbons (Fsp3) is 0.350. The van der Waals surface area contributed by atoms with Crippen molar-refractivity contribution < 1.29 is 19.0 Å². The van der Waals surface area contributed by atoms with Crippen molar-refractivity contribution in [3.05, 3.63) is 48.0 Å². The van der Waals surface area contributed by atoms with Gasteiger partial charge in [0.05, 0.1) is 33.1 Å². The highest BCUT2D eigenvalue weighted by Crippen LogP contribution is 2.31. The van der Waals surface area contributed by atoms with E-state index in [0.29, 0.717) is 17.3 Å². The van der Waals surface area contributed by atoms with E-state index in [2.05, 4.69) is 12.2 Å². The highest BCUT2D eigenvalue weighted by molar-refractivity contribution is 8.00. The first kappa shape index (κ1) is 20.0. The quantitative estimate of drug-likeness (QED) is 0.670. The summed E-state index contributed by atoms with van der Waals surface area (Å²) in [7, 11) is 4.83. The van der Waals surface area contributed by atoms with E-state index in [4.69, 9.17) is 14.2 Å². The molecule has 0 spiro atoms. The van der Waals surface area contributed by atoms with Gasteiger partial charge in [-0.05, 0) is 42.3 Å². The number of hydrogen-bond acceptors (Lipinski definition) is 5. The fourth-order valence-corrected chi connectivity index (χ4v) is 3.28. The minimum atomic E-state index is -0.0144. The van der Waals surface area contributed by atoms with Crippen LogP contribution in [-0.4, -0.2) is 33.0 Å². The topological polar surface area (TPSA) is 56.8 Å². The zero-order chi connectivity index (χ0) is 18.9. The summed E-state index contributed by atoms with van der Waals surface area (Å²) in [5.41, 5.74) is 1.07. The Bertz CT molecular complexity index is 718. The van der Waals surface area contributed by atoms with Gasteiger partial charge in [-0.3, -0.25) is 4.79 Å². The highest BCUT2D eigenvalue weighted by Gasteiger charge is 2.14. The average Bonchev–Trinajstić information content (AvgIpc) is 2.70. The van der Waals surface area contributed by atoms with Crippen molar-refractivity contribution >= 4 is 17.7 Å². The second-order valence-corrected chi connectivity index (χ2v) is 6.66. The molecule has 0 bridgehead atoms. The molecule has 26 heavy (non-hydrogen) atoms. The molecular weight excluding hydrogens is 350 g/mol. The predicted octanol–water partition coefficient (Wildman–Crippen LogP) is 4.07. The van der Waals surface area contributed by atoms with E-state index in [9.17, 15) is 4.79 Å². The maximum Gasteiger partial charge on any atom is 0.230 e. The lowest BCUT2D eigenvalue weighted by atomic mass is 10.0. The molecule has 2 aromatic carbocycles. The zero-order valence-corrected chi connectivity index (χ0v) is 16.4. The average molecular weight is 375 g/mol. The molecule has 0 radical (unpaired) electrons. The largest absolute Gasteiger partial charge is 0.497 e. The summed E-state index contributed by atoms with van der Waals surface area (Å²) in [5, 5.41) is 3.09. The van der Waals surface area contributed by atoms with Crippen LogP contribution in [0.5, 0.6) is 17.2 Å². The Balaban J connectivity index is 1.94. The summed E-state index contributed by atoms with van der Waals surface area (Å²) in [6.45, 7) is 2.05. The lowest BCUT2D eigenvalue weighted by Crippen LogP contribution is -2.29. The third-order valence-corrected chi connectivity index (χ3v) is 4.98. The van der Waals surface area contributed by atoms with Gasteiger partial charge in [0.15, 0.2) is 11.5 Å². The van der Waals surface area contributed by atoms with E-state index < -0.39 is 0 Å². The van der Waals surface area contributed by atoms with Crippen LogP contribution < -0.4 is 19.5 Å². The molecule has 2 aromatic rings. The van der Waals surface area contributed by atoms with E-state index in [0.717, 1.165) is 22.6 Å². The summed E-state index contributed by atoms with van der Waals surface area (Å²) in [4.78, 5) is 13.3. The number of ether oxygens (including phenoxy) is 3. The lowest BCUT2D eigenvalue weighted by Gasteiger charge is -2.18. The Hall–Kier alpha value is -2.34. The van der Waals surface area contributed by atoms with Gasteiger partial charge in [0.1, 0.15) is 5.75 Å². The van der Waals surface area contributed by atoms with E-state index in [-0.39, 0.29) is 11.9 Å². The number of thioether (sulfide) groups is 1. The molecule has 140 valence electrons. The predicted molar refractivity (Wildman–Crippen MR) is 104 cm³/mol. The number of amides is 1. The Morgan fingerprint density at radius 1 is 1.00 bits per heavy atom. The molecule has 0 heterocycles. The molecule has 0 fully saturated rings. The second kappa shape index (κ2) is 9.97. The Morgan fingerprint density at radius 3 is 2.27 bits per heavy atom. The first-order valence-corrected chi connectivity index (χ1v) is 9.38. The molecule has 6 heteroatoms. The molecule has 2 rings (SSSR count). The summed E-state index contributed by atoms with van der Waals surface area (Å²) < 4.78 is 15.7. The molecule has 0 saturated heterocycles. The van der Waals surface area contributed by atoms with Crippen molar-refractivity contribution in [2.75, 3.05) is 27.1 Å². The normalized spacial score (nSPS) is 11.5. The molecule has 0 saturated carbocycles. The maximum atomic E-state index is 12.3. The Morgan fingerprint density at radius 2 is 1.69 bits per heavy atom. The maximum absolute atomic E-state index is 12.3. The molecule has 0 aliphatic heterocycles. The Kier molecular flexibility index (Phi) is 7.66. The van der Waals surface area contributed by atoms with Crippen molar-refractivity contribution in [1.82, 2.24) is 5.32 Å². The van der Waals surface area contributed by atoms with E-state index in [1.807, 2.05) is 42.5 Å². The lowest BCUT2D eigenvalue weighted by molar-refractivity contribution is -0.119. The van der Waals surface area contributed by atoms with Crippen LogP contribution in [0.15, 0.2) is 47.4 Å². The van der Waals surface area contributed by atoms with Crippen LogP contribution in [0.25, 0.3) is 0 Å². The number of carbonyl (C=O) groups is 1. The van der Waals surface area contributed by atoms with Gasteiger partial charge in [0.2, 0.25) is 5.91 Å². The van der Waals surface area contributed by atoms with Crippen molar-refractivity contribution in [2.45, 2.75) is 24.3 Å². The van der Waals surface area contributed by atoms with Gasteiger partial charge in [-0.2, -0.15) is 0 Å². The van der Waals surface area contributed by atoms with E-state index in [1.165, 1.54) is 11.8 Å². The Labute approximate surface area is 159 Å². The van der Waals surface area contributed by atoms with Crippen molar-refractivity contribution in [2.24, 2.45) is 0 Å². The molecular formula is C20H25NO4S. The molecule has 1 atom stereocenters. The molecule has 1 N–H and O–H groups in total. The van der Waals surface area contributed by atoms with E-state index >= 15 is 0 Å². The standard InChI is InChI=1S/C20H25NO4S/c1-5-17(14-6-8-15(23-2)9-7-14)21-20(22)13-26-16-10-11-18(24-3)19(12-16)25-4/h6-12,17H,5,13H2,1-4H3,(H,21,22)/t17-/m1/s1. The van der Waals surface area contributed by atoms with Gasteiger partial charge in [0.25, 0.3) is 0 Å². The van der Waals surface area contributed by atoms with Gasteiger partial charge >= 0.3 is 0 Å². The minimum absolute atomic E-state index is 0.00699. The molecule has 0 aliphatic rings. The van der Waals surface area contributed by atoms with Crippen LogP contribution in [0.3, 0.4) is 0 Å². The monoisotopic (exact) mass is 375 g/mol. The molecule has 1 amide bonds. The van der Waals surface area contributed by atoms with Gasteiger partial charge in [0, 0.05) is 4.90 Å². The van der Waals surface area contributed by atoms with Crippen LogP contribution in [-0.2, 0) is 4.79 Å². The van der Waals surface area contributed by atoms with Gasteiger partial charge in [-0.1, -0.05) is 19.1 Å². The fourth-order valence-electron chi connectivity index (χ4n) is 2.55. The third kappa shape index (κ3) is 5.33. The van der Waals surface area contributed by atoms with Crippen molar-refractivity contribution in [3.63, 3.8) is 0 Å². The van der Waals surface area contributed by atoms with E-state index in [1.54, 1.807) is 21.3 Å². The van der Waals surface area contributed by atoms with Crippen molar-refractivity contribution in [3.8, 4) is 17.2 Å². The SMILES string of the molecule is CC[C@@H](NC(=O)CSc1ccc(OC)c(OC)c1)c1ccc(OC)cc1. The van der Waals surface area contributed by atoms with Gasteiger partial charge < -0.3 is 19.5 Å². The summed E-state index contributed by atoms with van der Waals surface area (Å²) in [6, 6.07) is 13.4. The summed E-state index contributed by atoms with van der Waals surface area (Å²) >= 11 is 1.46. The number of benzene rings is 2. The van der Waals surface area contributed by atoms with Crippen molar-refractivity contribution in [1.29, 1.82) is 0 Å². The zero-order valence-electron chi connectivity index (χ0n) is 15.6. The smallest absolute Gasteiger partial charge is 0.230 e. The first-order valence-electron chi connectivity index (χ1n) is 8.39. The van der Waals surface area contributed by atoms with Gasteiger partial charge in [-0.25, -0.2) is 0 Å². The molecule has 0 aliphatic carbocycles. The van der Waals surface area contributed by atoms with Gasteiger partial charge in [-0.15, -0.1) is 11.8 Å². The van der Waals surface area contributed by atoms with Crippen LogP contribution >= 0.6 is 11.8 Å². The third-order valence-electron chi connectivity index (χ3n) is 3.99. The number of carbonyl (C=O) groups excluding carboxylic acids is 1. The second-order valence-electron chi connectivity index (χ2n) is 5.61. The number of hydrogen-bond donors (Lipinski definition) is 1. The highest BCUT2D eigenvalue weighted by atomic mass is 32.2. The number of nitrogens with one attached hydrogen (secondary N) is 1. The van der Waals surface area contributed by atoms with Crippen LogP contribution in [0.2, 0.25) is 0 Å². The van der Waals surface area contributed by atoms with Crippen LogP contribution in [0, 0.1) is 0 Å². The van der Waals surface area contributed by atoms with Crippen LogP contribution in [0.4, 0.5) is 0 Å². The number of rotatable bonds is 9. The molecule has 5 nitrogen and oxygen atoms in total. The molecule has 0 unspecified atom stereocenters. The first-order chi connectivity index (χ1) is 12.6. The summed E-state index contributed by atoms with van der Waals surface area (Å²) in [5.74, 6) is 2.46. The van der Waals surface area contributed by atoms with Crippen LogP contribution in [0.1, 0.15) is 24.9 Å². The number of methoxy groups -OCH3 is 3. The summed E-state index contributed by atoms with van der Waals surface area (Å²) in [6.07, 6.45) is 0.819. The molecule has 0 aromatic heterocycles.